The Bertz CT molecular complexity index is 876. The van der Waals surface area contributed by atoms with Crippen LogP contribution in [0.15, 0.2) is 36.4 Å². The van der Waals surface area contributed by atoms with Crippen molar-refractivity contribution in [1.82, 2.24) is 4.90 Å². The van der Waals surface area contributed by atoms with Crippen LogP contribution in [0.25, 0.3) is 0 Å². The highest BCUT2D eigenvalue weighted by molar-refractivity contribution is 5.78. The Morgan fingerprint density at radius 1 is 0.966 bits per heavy atom. The molecule has 0 atom stereocenters. The number of likely N-dealkylation sites (N-methyl/N-ethyl adjacent to an activating group) is 1. The molecule has 1 amide bonds. The van der Waals surface area contributed by atoms with Crippen LogP contribution in [0.4, 0.5) is 0 Å². The molecule has 7 nitrogen and oxygen atoms in total. The van der Waals surface area contributed by atoms with E-state index >= 15 is 0 Å². The summed E-state index contributed by atoms with van der Waals surface area (Å²) in [7, 11) is 3.15. The molecule has 0 fully saturated rings. The lowest BCUT2D eigenvalue weighted by atomic mass is 10.2. The highest BCUT2D eigenvalue weighted by Crippen LogP contribution is 2.29. The number of rotatable bonds is 10. The molecule has 0 aliphatic rings. The van der Waals surface area contributed by atoms with Crippen molar-refractivity contribution in [1.29, 1.82) is 5.26 Å². The van der Waals surface area contributed by atoms with E-state index in [1.807, 2.05) is 32.0 Å². The summed E-state index contributed by atoms with van der Waals surface area (Å²) < 4.78 is 21.8. The summed E-state index contributed by atoms with van der Waals surface area (Å²) in [4.78, 5) is 14.4. The molecule has 0 aliphatic carbocycles. The highest BCUT2D eigenvalue weighted by Gasteiger charge is 2.16. The fraction of sp³-hybridized carbons (Fsp3) is 0.364. The zero-order chi connectivity index (χ0) is 21.2. The summed E-state index contributed by atoms with van der Waals surface area (Å²) >= 11 is 0. The Kier molecular flexibility index (Phi) is 8.16. The molecule has 0 radical (unpaired) electrons. The van der Waals surface area contributed by atoms with Crippen LogP contribution < -0.4 is 18.9 Å². The highest BCUT2D eigenvalue weighted by atomic mass is 16.5. The van der Waals surface area contributed by atoms with Gasteiger partial charge in [-0.3, -0.25) is 4.79 Å². The average Bonchev–Trinajstić information content (AvgIpc) is 2.76. The number of hydrogen-bond acceptors (Lipinski definition) is 6. The van der Waals surface area contributed by atoms with Gasteiger partial charge in [0, 0.05) is 19.2 Å². The molecule has 0 saturated carbocycles. The lowest BCUT2D eigenvalue weighted by Crippen LogP contribution is -2.34. The van der Waals surface area contributed by atoms with E-state index in [0.29, 0.717) is 48.3 Å². The van der Waals surface area contributed by atoms with Gasteiger partial charge in [-0.1, -0.05) is 6.07 Å². The molecule has 0 saturated heterocycles. The number of carbonyl (C=O) groups excluding carboxylic acids is 1. The molecule has 0 N–H and O–H groups in total. The van der Waals surface area contributed by atoms with E-state index in [1.165, 1.54) is 0 Å². The summed E-state index contributed by atoms with van der Waals surface area (Å²) in [5.41, 5.74) is 1.39. The van der Waals surface area contributed by atoms with Gasteiger partial charge in [-0.25, -0.2) is 0 Å². The van der Waals surface area contributed by atoms with E-state index in [2.05, 4.69) is 6.07 Å². The second-order valence-corrected chi connectivity index (χ2v) is 6.09. The fourth-order valence-corrected chi connectivity index (χ4v) is 2.77. The van der Waals surface area contributed by atoms with Gasteiger partial charge in [-0.15, -0.1) is 0 Å². The summed E-state index contributed by atoms with van der Waals surface area (Å²) in [6.07, 6.45) is 0. The molecule has 2 rings (SSSR count). The Morgan fingerprint density at radius 2 is 1.69 bits per heavy atom. The molecule has 2 aromatic rings. The fourth-order valence-electron chi connectivity index (χ4n) is 2.77. The molecule has 0 unspecified atom stereocenters. The van der Waals surface area contributed by atoms with Crippen LogP contribution in [0, 0.1) is 11.3 Å². The molecule has 0 aromatic heterocycles. The van der Waals surface area contributed by atoms with Crippen LogP contribution in [0.5, 0.6) is 23.0 Å². The molecule has 7 heteroatoms. The van der Waals surface area contributed by atoms with Crippen LogP contribution in [0.3, 0.4) is 0 Å². The van der Waals surface area contributed by atoms with Crippen LogP contribution >= 0.6 is 0 Å². The van der Waals surface area contributed by atoms with Crippen molar-refractivity contribution in [2.45, 2.75) is 20.4 Å². The molecular formula is C22H26N2O5. The van der Waals surface area contributed by atoms with E-state index in [0.717, 1.165) is 5.56 Å². The third-order valence-corrected chi connectivity index (χ3v) is 4.28. The van der Waals surface area contributed by atoms with E-state index in [1.54, 1.807) is 37.3 Å². The topological polar surface area (TPSA) is 81.0 Å². The molecule has 0 heterocycles. The van der Waals surface area contributed by atoms with E-state index in [9.17, 15) is 4.79 Å². The Labute approximate surface area is 171 Å². The SMILES string of the molecule is CCOc1cc(C#N)ccc1OCC(=O)N(CC)Cc1ccc(OC)c(OC)c1. The van der Waals surface area contributed by atoms with Crippen molar-refractivity contribution in [3.8, 4) is 29.1 Å². The Balaban J connectivity index is 2.06. The first-order chi connectivity index (χ1) is 14.1. The largest absolute Gasteiger partial charge is 0.493 e. The monoisotopic (exact) mass is 398 g/mol. The smallest absolute Gasteiger partial charge is 0.260 e. The minimum atomic E-state index is -0.158. The number of carbonyl (C=O) groups is 1. The standard InChI is InChI=1S/C22H26N2O5/c1-5-24(14-17-8-9-18(26-3)20(12-17)27-4)22(25)15-29-19-10-7-16(13-23)11-21(19)28-6-2/h7-12H,5-6,14-15H2,1-4H3. The van der Waals surface area contributed by atoms with Gasteiger partial charge in [-0.2, -0.15) is 5.26 Å². The van der Waals surface area contributed by atoms with Gasteiger partial charge < -0.3 is 23.8 Å². The second kappa shape index (κ2) is 10.8. The van der Waals surface area contributed by atoms with Gasteiger partial charge in [0.05, 0.1) is 32.5 Å². The second-order valence-electron chi connectivity index (χ2n) is 6.09. The molecular weight excluding hydrogens is 372 g/mol. The number of benzene rings is 2. The van der Waals surface area contributed by atoms with Crippen LogP contribution in [0.2, 0.25) is 0 Å². The zero-order valence-corrected chi connectivity index (χ0v) is 17.2. The molecule has 0 spiro atoms. The van der Waals surface area contributed by atoms with Crippen molar-refractivity contribution in [3.63, 3.8) is 0 Å². The van der Waals surface area contributed by atoms with Crippen molar-refractivity contribution in [2.75, 3.05) is 34.0 Å². The summed E-state index contributed by atoms with van der Waals surface area (Å²) in [5, 5.41) is 9.03. The van der Waals surface area contributed by atoms with Crippen molar-refractivity contribution < 1.29 is 23.7 Å². The minimum Gasteiger partial charge on any atom is -0.493 e. The lowest BCUT2D eigenvalue weighted by Gasteiger charge is -2.22. The number of ether oxygens (including phenoxy) is 4. The number of nitrogens with zero attached hydrogens (tertiary/aromatic N) is 2. The molecule has 29 heavy (non-hydrogen) atoms. The van der Waals surface area contributed by atoms with Crippen LogP contribution in [-0.2, 0) is 11.3 Å². The van der Waals surface area contributed by atoms with Crippen LogP contribution in [0.1, 0.15) is 25.0 Å². The predicted octanol–water partition coefficient (Wildman–Crippen LogP) is 3.40. The number of nitriles is 1. The maximum atomic E-state index is 12.7. The van der Waals surface area contributed by atoms with Gasteiger partial charge in [0.25, 0.3) is 5.91 Å². The first-order valence-corrected chi connectivity index (χ1v) is 9.34. The quantitative estimate of drug-likeness (QED) is 0.610. The number of amides is 1. The maximum absolute atomic E-state index is 12.7. The number of hydrogen-bond donors (Lipinski definition) is 0. The van der Waals surface area contributed by atoms with Crippen molar-refractivity contribution >= 4 is 5.91 Å². The molecule has 0 aliphatic heterocycles. The molecule has 0 bridgehead atoms. The normalized spacial score (nSPS) is 10.0. The molecule has 154 valence electrons. The Morgan fingerprint density at radius 3 is 2.31 bits per heavy atom. The zero-order valence-electron chi connectivity index (χ0n) is 17.2. The van der Waals surface area contributed by atoms with Gasteiger partial charge in [0.2, 0.25) is 0 Å². The van der Waals surface area contributed by atoms with Gasteiger partial charge >= 0.3 is 0 Å². The molecule has 2 aromatic carbocycles. The summed E-state index contributed by atoms with van der Waals surface area (Å²) in [6.45, 7) is 5.00. The lowest BCUT2D eigenvalue weighted by molar-refractivity contribution is -0.133. The van der Waals surface area contributed by atoms with Gasteiger partial charge in [0.1, 0.15) is 0 Å². The third-order valence-electron chi connectivity index (χ3n) is 4.28. The Hall–Kier alpha value is -3.40. The van der Waals surface area contributed by atoms with Gasteiger partial charge in [-0.05, 0) is 43.7 Å². The van der Waals surface area contributed by atoms with Gasteiger partial charge in [0.15, 0.2) is 29.6 Å². The first-order valence-electron chi connectivity index (χ1n) is 9.34. The van der Waals surface area contributed by atoms with Crippen LogP contribution in [-0.4, -0.2) is 44.8 Å². The van der Waals surface area contributed by atoms with E-state index in [4.69, 9.17) is 24.2 Å². The van der Waals surface area contributed by atoms with Crippen molar-refractivity contribution in [3.05, 3.63) is 47.5 Å². The average molecular weight is 398 g/mol. The van der Waals surface area contributed by atoms with Crippen molar-refractivity contribution in [2.24, 2.45) is 0 Å². The van der Waals surface area contributed by atoms with E-state index in [-0.39, 0.29) is 12.5 Å². The maximum Gasteiger partial charge on any atom is 0.260 e. The summed E-state index contributed by atoms with van der Waals surface area (Å²) in [5.74, 6) is 1.97. The third kappa shape index (κ3) is 5.79. The number of methoxy groups -OCH3 is 2. The predicted molar refractivity (Wildman–Crippen MR) is 108 cm³/mol. The minimum absolute atomic E-state index is 0.132. The first kappa shape index (κ1) is 21.9. The summed E-state index contributed by atoms with van der Waals surface area (Å²) in [6, 6.07) is 12.5. The van der Waals surface area contributed by atoms with E-state index < -0.39 is 0 Å².